The van der Waals surface area contributed by atoms with Gasteiger partial charge in [0.15, 0.2) is 6.23 Å². The Morgan fingerprint density at radius 2 is 2.09 bits per heavy atom. The first-order valence-corrected chi connectivity index (χ1v) is 11.7. The van der Waals surface area contributed by atoms with Gasteiger partial charge in [-0.05, 0) is 23.2 Å². The van der Waals surface area contributed by atoms with Crippen LogP contribution in [-0.2, 0) is 22.9 Å². The maximum atomic E-state index is 13.1. The molecule has 3 N–H and O–H groups in total. The van der Waals surface area contributed by atoms with E-state index in [4.69, 9.17) is 29.1 Å². The summed E-state index contributed by atoms with van der Waals surface area (Å²) in [6, 6.07) is 9.38. The van der Waals surface area contributed by atoms with Gasteiger partial charge >= 0.3 is 13.5 Å². The maximum Gasteiger partial charge on any atom is 0.475 e. The zero-order valence-electron chi connectivity index (χ0n) is 17.8. The van der Waals surface area contributed by atoms with E-state index in [1.54, 1.807) is 24.3 Å². The van der Waals surface area contributed by atoms with E-state index < -0.39 is 55.9 Å². The second-order valence-corrected chi connectivity index (χ2v) is 9.29. The predicted molar refractivity (Wildman–Crippen MR) is 114 cm³/mol. The van der Waals surface area contributed by atoms with E-state index in [-0.39, 0.29) is 6.61 Å². The van der Waals surface area contributed by atoms with Gasteiger partial charge < -0.3 is 14.9 Å². The van der Waals surface area contributed by atoms with Crippen molar-refractivity contribution in [3.63, 3.8) is 0 Å². The number of aliphatic hydroxyl groups is 2. The third kappa shape index (κ3) is 4.92. The van der Waals surface area contributed by atoms with E-state index in [2.05, 4.69) is 10.0 Å². The number of hydrogen-bond donors (Lipinski definition) is 3. The highest BCUT2D eigenvalue weighted by molar-refractivity contribution is 7.48. The van der Waals surface area contributed by atoms with Gasteiger partial charge in [0, 0.05) is 23.6 Å². The largest absolute Gasteiger partial charge is 0.475 e. The molecule has 6 atom stereocenters. The van der Waals surface area contributed by atoms with Gasteiger partial charge in [0.2, 0.25) is 5.72 Å². The van der Waals surface area contributed by atoms with Crippen LogP contribution < -0.4 is 11.2 Å². The van der Waals surface area contributed by atoms with E-state index in [0.29, 0.717) is 17.5 Å². The molecule has 2 saturated heterocycles. The molecular formula is C19H19N6O9P. The fraction of sp³-hybridized carbons (Fsp3) is 0.421. The van der Waals surface area contributed by atoms with Crippen molar-refractivity contribution in [2.45, 2.75) is 36.7 Å². The summed E-state index contributed by atoms with van der Waals surface area (Å²) in [6.07, 6.45) is -4.65. The lowest BCUT2D eigenvalue weighted by Crippen LogP contribution is -2.45. The molecule has 1 aromatic carbocycles. The number of nitriles is 1. The minimum atomic E-state index is -4.26. The second kappa shape index (κ2) is 9.74. The van der Waals surface area contributed by atoms with E-state index in [0.717, 1.165) is 16.8 Å². The number of nitrogens with zero attached hydrogens (tertiary/aromatic N) is 5. The lowest BCUT2D eigenvalue weighted by Gasteiger charge is -2.32. The number of aromatic nitrogens is 2. The first-order chi connectivity index (χ1) is 16.7. The first kappa shape index (κ1) is 24.8. The molecule has 3 heterocycles. The Hall–Kier alpha value is -3.31. The summed E-state index contributed by atoms with van der Waals surface area (Å²) < 4.78 is 35.4. The minimum Gasteiger partial charge on any atom is -0.387 e. The summed E-state index contributed by atoms with van der Waals surface area (Å²) in [5.41, 5.74) is 6.11. The monoisotopic (exact) mass is 506 g/mol. The molecule has 1 aromatic heterocycles. The smallest absolute Gasteiger partial charge is 0.387 e. The summed E-state index contributed by atoms with van der Waals surface area (Å²) in [5, 5.41) is 33.4. The third-order valence-corrected chi connectivity index (χ3v) is 6.93. The van der Waals surface area contributed by atoms with Crippen LogP contribution in [0.25, 0.3) is 10.4 Å². The molecular weight excluding hydrogens is 487 g/mol. The average Bonchev–Trinajstić information content (AvgIpc) is 3.09. The van der Waals surface area contributed by atoms with Crippen molar-refractivity contribution < 1.29 is 33.1 Å². The molecule has 0 bridgehead atoms. The summed E-state index contributed by atoms with van der Waals surface area (Å²) >= 11 is 0. The van der Waals surface area contributed by atoms with Crippen LogP contribution in [0.5, 0.6) is 0 Å². The molecule has 0 amide bonds. The number of aromatic amines is 1. The molecule has 2 aliphatic rings. The molecule has 35 heavy (non-hydrogen) atoms. The number of azide groups is 1. The van der Waals surface area contributed by atoms with Gasteiger partial charge in [0.05, 0.1) is 31.0 Å². The Kier molecular flexibility index (Phi) is 6.91. The number of phosphoric acid groups is 1. The molecule has 0 radical (unpaired) electrons. The highest BCUT2D eigenvalue weighted by Gasteiger charge is 2.56. The van der Waals surface area contributed by atoms with E-state index in [1.807, 2.05) is 11.1 Å². The number of aliphatic hydroxyl groups excluding tert-OH is 2. The number of nitrogens with one attached hydrogen (secondary N) is 1. The number of ether oxygens (including phenoxy) is 1. The Morgan fingerprint density at radius 3 is 2.74 bits per heavy atom. The molecule has 2 aliphatic heterocycles. The SMILES string of the molecule is N#Cc1ccc([C@@H]2CCOP(=O)(OC[C@@]3(N=[N+]=[N-])O[C@@H](n4ccc(=O)[nH]c4=O)[C@H](O)[C@@H]3O)O2)cc1. The Morgan fingerprint density at radius 1 is 1.34 bits per heavy atom. The van der Waals surface area contributed by atoms with Gasteiger partial charge in [0.1, 0.15) is 12.2 Å². The highest BCUT2D eigenvalue weighted by Crippen LogP contribution is 2.58. The van der Waals surface area contributed by atoms with E-state index >= 15 is 0 Å². The maximum absolute atomic E-state index is 13.1. The molecule has 16 heteroatoms. The molecule has 15 nitrogen and oxygen atoms in total. The van der Waals surface area contributed by atoms with Crippen molar-refractivity contribution in [3.05, 3.63) is 78.9 Å². The summed E-state index contributed by atoms with van der Waals surface area (Å²) in [4.78, 5) is 28.0. The molecule has 1 unspecified atom stereocenters. The standard InChI is InChI=1S/C19H19N6O9P/c20-9-11-1-3-12(4-2-11)13-6-8-31-35(30,34-13)32-10-19(23-24-21)16(28)15(27)17(33-19)25-7-5-14(26)22-18(25)29/h1-5,7,13,15-17,27-28H,6,8,10H2,(H,22,26,29)/t13-,15+,16-,17+,19+,35?/m0/s1. The average molecular weight is 506 g/mol. The zero-order valence-corrected chi connectivity index (χ0v) is 18.7. The second-order valence-electron chi connectivity index (χ2n) is 7.67. The van der Waals surface area contributed by atoms with Crippen LogP contribution in [0.1, 0.15) is 29.9 Å². The molecule has 4 rings (SSSR count). The molecule has 0 saturated carbocycles. The van der Waals surface area contributed by atoms with Gasteiger partial charge in [-0.15, -0.1) is 0 Å². The summed E-state index contributed by atoms with van der Waals surface area (Å²) in [7, 11) is -4.26. The first-order valence-electron chi connectivity index (χ1n) is 10.2. The Balaban J connectivity index is 1.54. The van der Waals surface area contributed by atoms with Crippen LogP contribution >= 0.6 is 7.82 Å². The molecule has 2 aromatic rings. The van der Waals surface area contributed by atoms with Crippen molar-refractivity contribution >= 4 is 7.82 Å². The van der Waals surface area contributed by atoms with Crippen LogP contribution in [0.15, 0.2) is 51.2 Å². The number of phosphoric ester groups is 1. The molecule has 2 fully saturated rings. The number of hydrogen-bond acceptors (Lipinski definition) is 11. The van der Waals surface area contributed by atoms with Crippen LogP contribution in [-0.4, -0.2) is 50.9 Å². The van der Waals surface area contributed by atoms with Crippen molar-refractivity contribution in [1.29, 1.82) is 5.26 Å². The van der Waals surface area contributed by atoms with Crippen molar-refractivity contribution in [1.82, 2.24) is 9.55 Å². The molecule has 184 valence electrons. The lowest BCUT2D eigenvalue weighted by molar-refractivity contribution is -0.127. The van der Waals surface area contributed by atoms with Crippen molar-refractivity contribution in [2.75, 3.05) is 13.2 Å². The lowest BCUT2D eigenvalue weighted by atomic mass is 10.1. The van der Waals surface area contributed by atoms with E-state index in [9.17, 15) is 24.4 Å². The summed E-state index contributed by atoms with van der Waals surface area (Å²) in [6.45, 7) is -0.890. The van der Waals surface area contributed by atoms with E-state index in [1.165, 1.54) is 0 Å². The van der Waals surface area contributed by atoms with Gasteiger partial charge in [-0.3, -0.25) is 27.9 Å². The quantitative estimate of drug-likeness (QED) is 0.218. The molecule has 0 spiro atoms. The van der Waals surface area contributed by atoms with Gasteiger partial charge in [-0.25, -0.2) is 9.36 Å². The Bertz CT molecular complexity index is 1350. The summed E-state index contributed by atoms with van der Waals surface area (Å²) in [5.74, 6) is 0. The van der Waals surface area contributed by atoms with Crippen LogP contribution in [0.2, 0.25) is 0 Å². The van der Waals surface area contributed by atoms with Gasteiger partial charge in [-0.1, -0.05) is 17.2 Å². The van der Waals surface area contributed by atoms with Crippen LogP contribution in [0.3, 0.4) is 0 Å². The zero-order chi connectivity index (χ0) is 25.2. The van der Waals surface area contributed by atoms with Gasteiger partial charge in [0.25, 0.3) is 5.56 Å². The predicted octanol–water partition coefficient (Wildman–Crippen LogP) is 0.968. The highest BCUT2D eigenvalue weighted by atomic mass is 31.2. The van der Waals surface area contributed by atoms with Gasteiger partial charge in [-0.2, -0.15) is 5.26 Å². The topological polar surface area (TPSA) is 222 Å². The third-order valence-electron chi connectivity index (χ3n) is 5.47. The fourth-order valence-electron chi connectivity index (χ4n) is 3.68. The van der Waals surface area contributed by atoms with Crippen molar-refractivity contribution in [2.24, 2.45) is 5.11 Å². The number of benzene rings is 1. The van der Waals surface area contributed by atoms with Crippen LogP contribution in [0, 0.1) is 11.3 Å². The molecule has 0 aliphatic carbocycles. The Labute approximate surface area is 196 Å². The number of H-pyrrole nitrogens is 1. The number of rotatable bonds is 6. The normalized spacial score (nSPS) is 32.5. The van der Waals surface area contributed by atoms with Crippen LogP contribution in [0.4, 0.5) is 0 Å². The fourth-order valence-corrected chi connectivity index (χ4v) is 5.08. The minimum absolute atomic E-state index is 0.0160. The van der Waals surface area contributed by atoms with Crippen molar-refractivity contribution in [3.8, 4) is 6.07 Å².